The van der Waals surface area contributed by atoms with Gasteiger partial charge in [0.15, 0.2) is 5.69 Å². The molecule has 2 rings (SSSR count). The summed E-state index contributed by atoms with van der Waals surface area (Å²) in [6.07, 6.45) is 1.72. The number of aromatic nitrogens is 2. The average Bonchev–Trinajstić information content (AvgIpc) is 2.34. The van der Waals surface area contributed by atoms with Gasteiger partial charge in [-0.3, -0.25) is 0 Å². The SMILES string of the molecule is O=C(O)c1nc(Cc2ccc(Cl)cc2)ncc1Cl. The van der Waals surface area contributed by atoms with E-state index in [2.05, 4.69) is 9.97 Å². The highest BCUT2D eigenvalue weighted by Gasteiger charge is 2.12. The summed E-state index contributed by atoms with van der Waals surface area (Å²) in [5.74, 6) is -0.765. The summed E-state index contributed by atoms with van der Waals surface area (Å²) < 4.78 is 0. The van der Waals surface area contributed by atoms with Crippen molar-refractivity contribution in [3.05, 3.63) is 57.6 Å². The molecule has 0 saturated carbocycles. The molecule has 0 amide bonds. The van der Waals surface area contributed by atoms with Gasteiger partial charge in [-0.1, -0.05) is 35.3 Å². The molecule has 0 atom stereocenters. The molecule has 0 aliphatic rings. The Morgan fingerprint density at radius 3 is 2.50 bits per heavy atom. The maximum Gasteiger partial charge on any atom is 0.356 e. The number of rotatable bonds is 3. The van der Waals surface area contributed by atoms with Crippen LogP contribution in [0.1, 0.15) is 21.9 Å². The van der Waals surface area contributed by atoms with Crippen molar-refractivity contribution < 1.29 is 9.90 Å². The van der Waals surface area contributed by atoms with Crippen LogP contribution in [-0.4, -0.2) is 21.0 Å². The minimum atomic E-state index is -1.17. The number of aromatic carboxylic acids is 1. The van der Waals surface area contributed by atoms with Crippen LogP contribution in [0.3, 0.4) is 0 Å². The van der Waals surface area contributed by atoms with Crippen LogP contribution >= 0.6 is 23.2 Å². The Bertz CT molecular complexity index is 585. The first-order chi connectivity index (χ1) is 8.56. The zero-order valence-corrected chi connectivity index (χ0v) is 10.6. The van der Waals surface area contributed by atoms with Gasteiger partial charge in [0, 0.05) is 11.4 Å². The normalized spacial score (nSPS) is 10.3. The molecule has 92 valence electrons. The second-order valence-electron chi connectivity index (χ2n) is 3.59. The van der Waals surface area contributed by atoms with Crippen molar-refractivity contribution in [2.24, 2.45) is 0 Å². The molecule has 0 spiro atoms. The average molecular weight is 283 g/mol. The van der Waals surface area contributed by atoms with Crippen molar-refractivity contribution in [1.29, 1.82) is 0 Å². The third kappa shape index (κ3) is 2.97. The van der Waals surface area contributed by atoms with Crippen LogP contribution < -0.4 is 0 Å². The quantitative estimate of drug-likeness (QED) is 0.940. The monoisotopic (exact) mass is 282 g/mol. The van der Waals surface area contributed by atoms with Crippen LogP contribution in [0.4, 0.5) is 0 Å². The Labute approximate surface area is 113 Å². The Kier molecular flexibility index (Phi) is 3.79. The summed E-state index contributed by atoms with van der Waals surface area (Å²) >= 11 is 11.5. The lowest BCUT2D eigenvalue weighted by Gasteiger charge is -2.03. The molecule has 1 aromatic heterocycles. The molecular formula is C12H8Cl2N2O2. The molecule has 0 fully saturated rings. The third-order valence-corrected chi connectivity index (χ3v) is 2.80. The Hall–Kier alpha value is -1.65. The number of benzene rings is 1. The van der Waals surface area contributed by atoms with E-state index in [-0.39, 0.29) is 10.7 Å². The van der Waals surface area contributed by atoms with Crippen LogP contribution in [0.2, 0.25) is 10.0 Å². The van der Waals surface area contributed by atoms with Crippen LogP contribution in [0.5, 0.6) is 0 Å². The number of carboxylic acid groups (broad SMARTS) is 1. The first kappa shape index (κ1) is 12.8. The summed E-state index contributed by atoms with van der Waals surface area (Å²) in [6, 6.07) is 7.18. The molecule has 4 nitrogen and oxygen atoms in total. The molecular weight excluding hydrogens is 275 g/mol. The first-order valence-electron chi connectivity index (χ1n) is 5.05. The van der Waals surface area contributed by atoms with E-state index in [1.165, 1.54) is 6.20 Å². The van der Waals surface area contributed by atoms with Gasteiger partial charge in [0.25, 0.3) is 0 Å². The largest absolute Gasteiger partial charge is 0.476 e. The van der Waals surface area contributed by atoms with Crippen LogP contribution in [0, 0.1) is 0 Å². The van der Waals surface area contributed by atoms with Crippen molar-refractivity contribution in [2.75, 3.05) is 0 Å². The van der Waals surface area contributed by atoms with Crippen LogP contribution in [-0.2, 0) is 6.42 Å². The molecule has 2 aromatic rings. The van der Waals surface area contributed by atoms with Gasteiger partial charge in [-0.15, -0.1) is 0 Å². The van der Waals surface area contributed by atoms with Crippen molar-refractivity contribution >= 4 is 29.2 Å². The lowest BCUT2D eigenvalue weighted by atomic mass is 10.1. The smallest absolute Gasteiger partial charge is 0.356 e. The fraction of sp³-hybridized carbons (Fsp3) is 0.0833. The standard InChI is InChI=1S/C12H8Cl2N2O2/c13-8-3-1-7(2-4-8)5-10-15-6-9(14)11(16-10)12(17)18/h1-4,6H,5H2,(H,17,18). The Morgan fingerprint density at radius 1 is 1.22 bits per heavy atom. The summed E-state index contributed by atoms with van der Waals surface area (Å²) in [6.45, 7) is 0. The predicted octanol–water partition coefficient (Wildman–Crippen LogP) is 3.07. The number of carbonyl (C=O) groups is 1. The van der Waals surface area contributed by atoms with E-state index in [1.54, 1.807) is 12.1 Å². The van der Waals surface area contributed by atoms with Crippen molar-refractivity contribution in [3.8, 4) is 0 Å². The molecule has 1 aromatic carbocycles. The summed E-state index contributed by atoms with van der Waals surface area (Å²) in [5.41, 5.74) is 0.758. The number of carboxylic acids is 1. The minimum absolute atomic E-state index is 0.0300. The molecule has 6 heteroatoms. The number of halogens is 2. The molecule has 0 bridgehead atoms. The van der Waals surface area contributed by atoms with E-state index in [1.807, 2.05) is 12.1 Å². The fourth-order valence-corrected chi connectivity index (χ4v) is 1.72. The lowest BCUT2D eigenvalue weighted by molar-refractivity contribution is 0.0690. The van der Waals surface area contributed by atoms with E-state index < -0.39 is 5.97 Å². The highest BCUT2D eigenvalue weighted by atomic mass is 35.5. The van der Waals surface area contributed by atoms with Gasteiger partial charge in [-0.25, -0.2) is 14.8 Å². The highest BCUT2D eigenvalue weighted by molar-refractivity contribution is 6.33. The van der Waals surface area contributed by atoms with E-state index >= 15 is 0 Å². The molecule has 1 N–H and O–H groups in total. The van der Waals surface area contributed by atoms with Crippen molar-refractivity contribution in [1.82, 2.24) is 9.97 Å². The van der Waals surface area contributed by atoms with Gasteiger partial charge in [-0.05, 0) is 17.7 Å². The second-order valence-corrected chi connectivity index (χ2v) is 4.43. The van der Waals surface area contributed by atoms with Gasteiger partial charge < -0.3 is 5.11 Å². The maximum absolute atomic E-state index is 10.9. The van der Waals surface area contributed by atoms with Gasteiger partial charge in [0.1, 0.15) is 5.82 Å². The zero-order valence-electron chi connectivity index (χ0n) is 9.10. The molecule has 0 radical (unpaired) electrons. The number of hydrogen-bond acceptors (Lipinski definition) is 3. The van der Waals surface area contributed by atoms with Crippen LogP contribution in [0.15, 0.2) is 30.5 Å². The van der Waals surface area contributed by atoms with E-state index in [4.69, 9.17) is 28.3 Å². The molecule has 0 saturated heterocycles. The van der Waals surface area contributed by atoms with E-state index in [9.17, 15) is 4.79 Å². The highest BCUT2D eigenvalue weighted by Crippen LogP contribution is 2.15. The second kappa shape index (κ2) is 5.33. The van der Waals surface area contributed by atoms with Crippen molar-refractivity contribution in [2.45, 2.75) is 6.42 Å². The summed E-state index contributed by atoms with van der Waals surface area (Å²) in [7, 11) is 0. The Morgan fingerprint density at radius 2 is 1.89 bits per heavy atom. The Balaban J connectivity index is 2.27. The van der Waals surface area contributed by atoms with Gasteiger partial charge in [-0.2, -0.15) is 0 Å². The van der Waals surface area contributed by atoms with Gasteiger partial charge >= 0.3 is 5.97 Å². The van der Waals surface area contributed by atoms with Gasteiger partial charge in [0.2, 0.25) is 0 Å². The molecule has 0 unspecified atom stereocenters. The zero-order chi connectivity index (χ0) is 13.1. The van der Waals surface area contributed by atoms with Gasteiger partial charge in [0.05, 0.1) is 11.2 Å². The summed E-state index contributed by atoms with van der Waals surface area (Å²) in [5, 5.41) is 9.57. The first-order valence-corrected chi connectivity index (χ1v) is 5.81. The third-order valence-electron chi connectivity index (χ3n) is 2.27. The van der Waals surface area contributed by atoms with Crippen LogP contribution in [0.25, 0.3) is 0 Å². The number of nitrogens with zero attached hydrogens (tertiary/aromatic N) is 2. The molecule has 1 heterocycles. The number of hydrogen-bond donors (Lipinski definition) is 1. The predicted molar refractivity (Wildman–Crippen MR) is 68.3 cm³/mol. The molecule has 0 aliphatic heterocycles. The van der Waals surface area contributed by atoms with E-state index in [0.29, 0.717) is 17.3 Å². The summed E-state index contributed by atoms with van der Waals surface area (Å²) in [4.78, 5) is 18.8. The van der Waals surface area contributed by atoms with Crippen molar-refractivity contribution in [3.63, 3.8) is 0 Å². The lowest BCUT2D eigenvalue weighted by Crippen LogP contribution is -2.06. The maximum atomic E-state index is 10.9. The minimum Gasteiger partial charge on any atom is -0.476 e. The topological polar surface area (TPSA) is 63.1 Å². The molecule has 0 aliphatic carbocycles. The van der Waals surface area contributed by atoms with E-state index in [0.717, 1.165) is 5.56 Å². The fourth-order valence-electron chi connectivity index (χ4n) is 1.42. The molecule has 18 heavy (non-hydrogen) atoms.